The number of ether oxygens (including phenoxy) is 2. The van der Waals surface area contributed by atoms with Crippen LogP contribution in [0.4, 0.5) is 0 Å². The maximum absolute atomic E-state index is 12.1. The molecule has 0 N–H and O–H groups in total. The van der Waals surface area contributed by atoms with Crippen molar-refractivity contribution >= 4 is 33.7 Å². The van der Waals surface area contributed by atoms with Gasteiger partial charge in [0.1, 0.15) is 23.5 Å². The summed E-state index contributed by atoms with van der Waals surface area (Å²) in [5, 5.41) is -1.20. The van der Waals surface area contributed by atoms with Crippen LogP contribution in [-0.2, 0) is 25.3 Å². The molecule has 2 atom stereocenters. The van der Waals surface area contributed by atoms with Gasteiger partial charge in [-0.2, -0.15) is 0 Å². The summed E-state index contributed by atoms with van der Waals surface area (Å²) < 4.78 is 35.1. The number of allylic oxidation sites excluding steroid dienone is 4. The number of benzene rings is 1. The average Bonchev–Trinajstić information content (AvgIpc) is 2.73. The van der Waals surface area contributed by atoms with Crippen LogP contribution in [0.2, 0.25) is 0 Å². The van der Waals surface area contributed by atoms with Crippen molar-refractivity contribution in [3.63, 3.8) is 0 Å². The highest BCUT2D eigenvalue weighted by Gasteiger charge is 2.24. The lowest BCUT2D eigenvalue weighted by atomic mass is 10.0. The van der Waals surface area contributed by atoms with Crippen molar-refractivity contribution in [2.24, 2.45) is 0 Å². The fourth-order valence-corrected chi connectivity index (χ4v) is 4.23. The number of carbonyl (C=O) groups is 2. The second-order valence-electron chi connectivity index (χ2n) is 6.78. The van der Waals surface area contributed by atoms with Gasteiger partial charge in [-0.05, 0) is 29.5 Å². The lowest BCUT2D eigenvalue weighted by molar-refractivity contribution is -0.109. The fourth-order valence-electron chi connectivity index (χ4n) is 3.06. The second kappa shape index (κ2) is 10.6. The maximum Gasteiger partial charge on any atom is 0.186 e. The zero-order valence-electron chi connectivity index (χ0n) is 16.4. The van der Waals surface area contributed by atoms with Crippen molar-refractivity contribution in [2.45, 2.75) is 31.4 Å². The molecule has 1 heterocycles. The highest BCUT2D eigenvalue weighted by molar-refractivity contribution is 8.14. The molecule has 1 aliphatic carbocycles. The van der Waals surface area contributed by atoms with E-state index in [0.717, 1.165) is 24.6 Å². The predicted octanol–water partition coefficient (Wildman–Crippen LogP) is 4.47. The summed E-state index contributed by atoms with van der Waals surface area (Å²) in [5.41, 5.74) is 2.05. The van der Waals surface area contributed by atoms with E-state index in [1.807, 2.05) is 12.2 Å². The molecule has 0 aromatic heterocycles. The van der Waals surface area contributed by atoms with Crippen molar-refractivity contribution in [1.29, 1.82) is 0 Å². The molecule has 0 bridgehead atoms. The molecule has 0 saturated heterocycles. The molecule has 8 heteroatoms. The molecule has 0 radical (unpaired) electrons. The highest BCUT2D eigenvalue weighted by Crippen LogP contribution is 2.34. The minimum absolute atomic E-state index is 0.0485. The van der Waals surface area contributed by atoms with Gasteiger partial charge in [0, 0.05) is 18.9 Å². The molecule has 2 aliphatic rings. The van der Waals surface area contributed by atoms with Crippen molar-refractivity contribution in [1.82, 2.24) is 0 Å². The van der Waals surface area contributed by atoms with Crippen LogP contribution in [0, 0.1) is 0 Å². The molecule has 1 aliphatic heterocycles. The van der Waals surface area contributed by atoms with Gasteiger partial charge in [-0.1, -0.05) is 59.8 Å². The summed E-state index contributed by atoms with van der Waals surface area (Å²) in [6.07, 6.45) is 11.3. The highest BCUT2D eigenvalue weighted by atomic mass is 32.2. The first-order valence-electron chi connectivity index (χ1n) is 9.35. The van der Waals surface area contributed by atoms with Crippen molar-refractivity contribution in [3.8, 4) is 0 Å². The van der Waals surface area contributed by atoms with E-state index in [-0.39, 0.29) is 22.4 Å². The summed E-state index contributed by atoms with van der Waals surface area (Å²) in [5.74, 6) is 0.557. The molecule has 0 amide bonds. The Morgan fingerprint density at radius 1 is 1.23 bits per heavy atom. The van der Waals surface area contributed by atoms with Crippen LogP contribution in [0.25, 0.3) is 0 Å². The number of ketones is 1. The average molecular weight is 446 g/mol. The van der Waals surface area contributed by atoms with Crippen molar-refractivity contribution in [3.05, 3.63) is 83.2 Å². The SMILES string of the molecule is CC(=O)SCC(=O)c1ccc(C(C2=COC=C(CC3=CC=CCC3)O2)S(=O)[O-])cc1. The van der Waals surface area contributed by atoms with E-state index < -0.39 is 16.3 Å². The Morgan fingerprint density at radius 3 is 2.63 bits per heavy atom. The molecule has 0 spiro atoms. The molecule has 1 aromatic carbocycles. The van der Waals surface area contributed by atoms with E-state index in [0.29, 0.717) is 23.3 Å². The molecule has 2 unspecified atom stereocenters. The summed E-state index contributed by atoms with van der Waals surface area (Å²) in [6, 6.07) is 6.25. The predicted molar refractivity (Wildman–Crippen MR) is 115 cm³/mol. The zero-order chi connectivity index (χ0) is 21.5. The van der Waals surface area contributed by atoms with Crippen LogP contribution < -0.4 is 0 Å². The first kappa shape index (κ1) is 22.3. The van der Waals surface area contributed by atoms with Crippen LogP contribution in [0.1, 0.15) is 47.4 Å². The molecule has 1 aromatic rings. The first-order chi connectivity index (χ1) is 14.4. The van der Waals surface area contributed by atoms with Crippen LogP contribution >= 0.6 is 11.8 Å². The molecule has 158 valence electrons. The fraction of sp³-hybridized carbons (Fsp3) is 0.273. The number of hydrogen-bond donors (Lipinski definition) is 0. The van der Waals surface area contributed by atoms with Crippen molar-refractivity contribution < 1.29 is 27.8 Å². The van der Waals surface area contributed by atoms with Gasteiger partial charge in [0.05, 0.1) is 5.75 Å². The van der Waals surface area contributed by atoms with Crippen molar-refractivity contribution in [2.75, 3.05) is 5.75 Å². The minimum Gasteiger partial charge on any atom is -0.772 e. The molecule has 30 heavy (non-hydrogen) atoms. The Bertz CT molecular complexity index is 956. The van der Waals surface area contributed by atoms with E-state index in [2.05, 4.69) is 6.08 Å². The van der Waals surface area contributed by atoms with Gasteiger partial charge < -0.3 is 14.0 Å². The third kappa shape index (κ3) is 6.04. The van der Waals surface area contributed by atoms with Gasteiger partial charge in [0.25, 0.3) is 0 Å². The van der Waals surface area contributed by atoms with E-state index in [4.69, 9.17) is 9.47 Å². The van der Waals surface area contributed by atoms with Crippen LogP contribution in [0.5, 0.6) is 0 Å². The third-order valence-electron chi connectivity index (χ3n) is 4.53. The standard InChI is InChI=1S/C22H22O6S2/c1-15(23)29-14-20(24)17-7-9-18(10-8-17)22(30(25)26)21-13-27-12-19(28-21)11-16-5-3-2-4-6-16/h2-3,5,7-10,12-13,22H,4,6,11,14H2,1H3,(H,25,26)/p-1. The van der Waals surface area contributed by atoms with E-state index in [1.54, 1.807) is 24.3 Å². The smallest absolute Gasteiger partial charge is 0.186 e. The van der Waals surface area contributed by atoms with Crippen LogP contribution in [0.3, 0.4) is 0 Å². The lowest BCUT2D eigenvalue weighted by Gasteiger charge is -2.26. The molecule has 0 saturated carbocycles. The normalized spacial score (nSPS) is 17.6. The number of carbonyl (C=O) groups excluding carboxylic acids is 2. The third-order valence-corrected chi connectivity index (χ3v) is 6.23. The van der Waals surface area contributed by atoms with Gasteiger partial charge in [-0.25, -0.2) is 0 Å². The zero-order valence-corrected chi connectivity index (χ0v) is 18.0. The Balaban J connectivity index is 1.71. The maximum atomic E-state index is 12.1. The van der Waals surface area contributed by atoms with E-state index in [1.165, 1.54) is 25.0 Å². The number of thioether (sulfide) groups is 1. The monoisotopic (exact) mass is 445 g/mol. The molecule has 0 fully saturated rings. The molecular weight excluding hydrogens is 424 g/mol. The van der Waals surface area contributed by atoms with E-state index >= 15 is 0 Å². The Morgan fingerprint density at radius 2 is 2.00 bits per heavy atom. The number of Topliss-reactive ketones (excluding diaryl/α,β-unsaturated/α-hetero) is 1. The minimum atomic E-state index is -2.51. The molecular formula is C22H21O6S2-. The number of rotatable bonds is 8. The first-order valence-corrected chi connectivity index (χ1v) is 11.5. The molecule has 3 rings (SSSR count). The Hall–Kier alpha value is -2.42. The second-order valence-corrected chi connectivity index (χ2v) is 8.92. The van der Waals surface area contributed by atoms with Gasteiger partial charge in [0.15, 0.2) is 16.7 Å². The summed E-state index contributed by atoms with van der Waals surface area (Å²) in [7, 11) is 0. The number of hydrogen-bond acceptors (Lipinski definition) is 7. The Labute approximate surface area is 182 Å². The van der Waals surface area contributed by atoms with Gasteiger partial charge in [0.2, 0.25) is 0 Å². The quantitative estimate of drug-likeness (QED) is 0.431. The van der Waals surface area contributed by atoms with E-state index in [9.17, 15) is 18.4 Å². The van der Waals surface area contributed by atoms with Gasteiger partial charge >= 0.3 is 0 Å². The van der Waals surface area contributed by atoms with Crippen LogP contribution in [0.15, 0.2) is 72.1 Å². The molecule has 6 nitrogen and oxygen atoms in total. The Kier molecular flexibility index (Phi) is 7.84. The lowest BCUT2D eigenvalue weighted by Crippen LogP contribution is -2.15. The largest absolute Gasteiger partial charge is 0.772 e. The summed E-state index contributed by atoms with van der Waals surface area (Å²) in [4.78, 5) is 23.2. The summed E-state index contributed by atoms with van der Waals surface area (Å²) in [6.45, 7) is 1.40. The van der Waals surface area contributed by atoms with Gasteiger partial charge in [-0.15, -0.1) is 0 Å². The van der Waals surface area contributed by atoms with Gasteiger partial charge in [-0.3, -0.25) is 13.8 Å². The summed E-state index contributed by atoms with van der Waals surface area (Å²) >= 11 is -1.57. The topological polar surface area (TPSA) is 92.7 Å². The van der Waals surface area contributed by atoms with Crippen LogP contribution in [-0.4, -0.2) is 25.4 Å².